The summed E-state index contributed by atoms with van der Waals surface area (Å²) in [7, 11) is 1.32. The number of methoxy groups -OCH3 is 1. The van der Waals surface area contributed by atoms with Gasteiger partial charge < -0.3 is 10.5 Å². The van der Waals surface area contributed by atoms with E-state index in [9.17, 15) is 4.79 Å². The average molecular weight is 283 g/mol. The Hall–Kier alpha value is -1.38. The first-order valence-electron chi connectivity index (χ1n) is 4.61. The summed E-state index contributed by atoms with van der Waals surface area (Å²) in [6.07, 6.45) is 0.0830. The third kappa shape index (κ3) is 2.60. The van der Waals surface area contributed by atoms with Gasteiger partial charge in [-0.2, -0.15) is 5.26 Å². The number of ether oxygens (including phenoxy) is 1. The molecule has 0 saturated carbocycles. The van der Waals surface area contributed by atoms with Crippen molar-refractivity contribution >= 4 is 21.9 Å². The Morgan fingerprint density at radius 2 is 2.31 bits per heavy atom. The summed E-state index contributed by atoms with van der Waals surface area (Å²) in [6, 6.07) is 5.57. The molecule has 1 aromatic rings. The molecule has 16 heavy (non-hydrogen) atoms. The zero-order chi connectivity index (χ0) is 12.1. The zero-order valence-electron chi connectivity index (χ0n) is 8.79. The lowest BCUT2D eigenvalue weighted by Gasteiger charge is -2.09. The minimum Gasteiger partial charge on any atom is -0.469 e. The van der Waals surface area contributed by atoms with Gasteiger partial charge in [0.1, 0.15) is 0 Å². The molecule has 84 valence electrons. The first kappa shape index (κ1) is 12.7. The molecule has 0 radical (unpaired) electrons. The Morgan fingerprint density at radius 1 is 1.62 bits per heavy atom. The minimum absolute atomic E-state index is 0.0830. The van der Waals surface area contributed by atoms with Crippen molar-refractivity contribution in [3.05, 3.63) is 33.3 Å². The molecule has 1 rings (SSSR count). The van der Waals surface area contributed by atoms with Crippen LogP contribution in [0.25, 0.3) is 0 Å². The maximum Gasteiger partial charge on any atom is 0.310 e. The van der Waals surface area contributed by atoms with Gasteiger partial charge in [0.2, 0.25) is 0 Å². The van der Waals surface area contributed by atoms with Gasteiger partial charge in [0.05, 0.1) is 25.2 Å². The van der Waals surface area contributed by atoms with E-state index in [1.165, 1.54) is 7.11 Å². The van der Waals surface area contributed by atoms with Crippen molar-refractivity contribution in [2.75, 3.05) is 7.11 Å². The van der Waals surface area contributed by atoms with Crippen molar-refractivity contribution in [1.82, 2.24) is 0 Å². The number of rotatable bonds is 3. The second kappa shape index (κ2) is 5.64. The lowest BCUT2D eigenvalue weighted by atomic mass is 10.00. The van der Waals surface area contributed by atoms with Gasteiger partial charge in [-0.05, 0) is 17.2 Å². The highest BCUT2D eigenvalue weighted by Crippen LogP contribution is 2.23. The first-order chi connectivity index (χ1) is 7.63. The van der Waals surface area contributed by atoms with Gasteiger partial charge >= 0.3 is 5.97 Å². The number of esters is 1. The Morgan fingerprint density at radius 3 is 2.81 bits per heavy atom. The molecule has 0 bridgehead atoms. The van der Waals surface area contributed by atoms with Crippen LogP contribution < -0.4 is 5.73 Å². The molecule has 5 heteroatoms. The molecule has 0 aliphatic rings. The van der Waals surface area contributed by atoms with E-state index >= 15 is 0 Å². The molecular formula is C11H11BrN2O2. The van der Waals surface area contributed by atoms with Crippen LogP contribution in [0.1, 0.15) is 16.7 Å². The summed E-state index contributed by atoms with van der Waals surface area (Å²) < 4.78 is 5.34. The molecule has 0 heterocycles. The topological polar surface area (TPSA) is 76.1 Å². The van der Waals surface area contributed by atoms with E-state index in [0.29, 0.717) is 16.7 Å². The van der Waals surface area contributed by atoms with E-state index in [2.05, 4.69) is 26.7 Å². The normalized spacial score (nSPS) is 9.62. The number of nitrogens with two attached hydrogens (primary N) is 1. The SMILES string of the molecule is COC(=O)Cc1ccc(Br)c(CN)c1C#N. The van der Waals surface area contributed by atoms with Crippen molar-refractivity contribution in [2.24, 2.45) is 5.73 Å². The number of benzene rings is 1. The van der Waals surface area contributed by atoms with E-state index in [1.807, 2.05) is 0 Å². The van der Waals surface area contributed by atoms with Crippen molar-refractivity contribution in [3.8, 4) is 6.07 Å². The van der Waals surface area contributed by atoms with Crippen LogP contribution in [0.15, 0.2) is 16.6 Å². The minimum atomic E-state index is -0.373. The fourth-order valence-electron chi connectivity index (χ4n) is 1.38. The summed E-state index contributed by atoms with van der Waals surface area (Å²) in [4.78, 5) is 11.2. The lowest BCUT2D eigenvalue weighted by molar-refractivity contribution is -0.139. The van der Waals surface area contributed by atoms with Crippen LogP contribution >= 0.6 is 15.9 Å². The Labute approximate surface area is 102 Å². The summed E-state index contributed by atoms with van der Waals surface area (Å²) >= 11 is 3.32. The van der Waals surface area contributed by atoms with Gasteiger partial charge in [0.25, 0.3) is 0 Å². The monoisotopic (exact) mass is 282 g/mol. The first-order valence-corrected chi connectivity index (χ1v) is 5.40. The summed E-state index contributed by atoms with van der Waals surface area (Å²) in [6.45, 7) is 0.249. The predicted octanol–water partition coefficient (Wildman–Crippen LogP) is 1.49. The van der Waals surface area contributed by atoms with E-state index in [0.717, 1.165) is 4.47 Å². The molecular weight excluding hydrogens is 272 g/mol. The highest BCUT2D eigenvalue weighted by molar-refractivity contribution is 9.10. The van der Waals surface area contributed by atoms with E-state index in [1.54, 1.807) is 12.1 Å². The predicted molar refractivity (Wildman–Crippen MR) is 62.5 cm³/mol. The number of nitriles is 1. The molecule has 0 unspecified atom stereocenters. The molecule has 0 atom stereocenters. The van der Waals surface area contributed by atoms with Crippen molar-refractivity contribution in [3.63, 3.8) is 0 Å². The van der Waals surface area contributed by atoms with Crippen molar-refractivity contribution in [2.45, 2.75) is 13.0 Å². The lowest BCUT2D eigenvalue weighted by Crippen LogP contribution is -2.09. The average Bonchev–Trinajstić information content (AvgIpc) is 2.30. The number of hydrogen-bond donors (Lipinski definition) is 1. The fraction of sp³-hybridized carbons (Fsp3) is 0.273. The second-order valence-corrected chi connectivity index (χ2v) is 3.98. The maximum absolute atomic E-state index is 11.2. The van der Waals surface area contributed by atoms with E-state index in [4.69, 9.17) is 11.0 Å². The molecule has 0 aromatic heterocycles. The number of nitrogens with zero attached hydrogens (tertiary/aromatic N) is 1. The highest BCUT2D eigenvalue weighted by atomic mass is 79.9. The quantitative estimate of drug-likeness (QED) is 0.853. The van der Waals surface area contributed by atoms with Crippen LogP contribution in [0.4, 0.5) is 0 Å². The third-order valence-corrected chi connectivity index (χ3v) is 2.96. The number of hydrogen-bond acceptors (Lipinski definition) is 4. The van der Waals surface area contributed by atoms with Gasteiger partial charge in [-0.25, -0.2) is 0 Å². The number of carbonyl (C=O) groups is 1. The van der Waals surface area contributed by atoms with Crippen LogP contribution in [-0.4, -0.2) is 13.1 Å². The zero-order valence-corrected chi connectivity index (χ0v) is 10.4. The molecule has 4 nitrogen and oxygen atoms in total. The molecule has 0 aliphatic heterocycles. The summed E-state index contributed by atoms with van der Waals surface area (Å²) in [5.74, 6) is -0.373. The van der Waals surface area contributed by atoms with Crippen LogP contribution in [0, 0.1) is 11.3 Å². The summed E-state index contributed by atoms with van der Waals surface area (Å²) in [5.41, 5.74) is 7.36. The van der Waals surface area contributed by atoms with Gasteiger partial charge in [-0.15, -0.1) is 0 Å². The molecule has 0 fully saturated rings. The molecule has 0 aliphatic carbocycles. The smallest absolute Gasteiger partial charge is 0.310 e. The van der Waals surface area contributed by atoms with Crippen LogP contribution in [-0.2, 0) is 22.5 Å². The maximum atomic E-state index is 11.2. The van der Waals surface area contributed by atoms with Gasteiger partial charge in [-0.1, -0.05) is 22.0 Å². The third-order valence-electron chi connectivity index (χ3n) is 2.22. The van der Waals surface area contributed by atoms with Gasteiger partial charge in [0.15, 0.2) is 0 Å². The number of halogens is 1. The van der Waals surface area contributed by atoms with E-state index < -0.39 is 0 Å². The van der Waals surface area contributed by atoms with Gasteiger partial charge in [0, 0.05) is 11.0 Å². The van der Waals surface area contributed by atoms with Crippen LogP contribution in [0.2, 0.25) is 0 Å². The summed E-state index contributed by atoms with van der Waals surface area (Å²) in [5, 5.41) is 9.06. The molecule has 0 amide bonds. The molecule has 2 N–H and O–H groups in total. The van der Waals surface area contributed by atoms with Crippen LogP contribution in [0.3, 0.4) is 0 Å². The highest BCUT2D eigenvalue weighted by Gasteiger charge is 2.13. The fourth-order valence-corrected chi connectivity index (χ4v) is 1.88. The van der Waals surface area contributed by atoms with Crippen molar-refractivity contribution < 1.29 is 9.53 Å². The van der Waals surface area contributed by atoms with Crippen molar-refractivity contribution in [1.29, 1.82) is 5.26 Å². The van der Waals surface area contributed by atoms with Crippen LogP contribution in [0.5, 0.6) is 0 Å². The second-order valence-electron chi connectivity index (χ2n) is 3.13. The van der Waals surface area contributed by atoms with Gasteiger partial charge in [-0.3, -0.25) is 4.79 Å². The van der Waals surface area contributed by atoms with E-state index in [-0.39, 0.29) is 18.9 Å². The molecule has 1 aromatic carbocycles. The Balaban J connectivity index is 3.21. The standard InChI is InChI=1S/C11H11BrN2O2/c1-16-11(15)4-7-2-3-10(12)9(6-14)8(7)5-13/h2-3H,4,6,14H2,1H3. The Bertz CT molecular complexity index is 452. The number of carbonyl (C=O) groups excluding carboxylic acids is 1. The largest absolute Gasteiger partial charge is 0.469 e. The molecule has 0 saturated heterocycles. The molecule has 0 spiro atoms. The Kier molecular flexibility index (Phi) is 4.47.